The van der Waals surface area contributed by atoms with Crippen LogP contribution in [0.1, 0.15) is 24.8 Å². The lowest BCUT2D eigenvalue weighted by molar-refractivity contribution is 0.0420. The summed E-state index contributed by atoms with van der Waals surface area (Å²) < 4.78 is 35.3. The van der Waals surface area contributed by atoms with Crippen LogP contribution in [0.15, 0.2) is 35.3 Å². The SMILES string of the molecule is CN=C(NCCCOC1CCOC1)NCCCS(=O)(=O)Cc1ccccc1. The number of guanidine groups is 1. The monoisotopic (exact) mass is 397 g/mol. The third-order valence-corrected chi connectivity index (χ3v) is 5.92. The van der Waals surface area contributed by atoms with E-state index >= 15 is 0 Å². The van der Waals surface area contributed by atoms with Gasteiger partial charge in [-0.05, 0) is 24.8 Å². The highest BCUT2D eigenvalue weighted by Gasteiger charge is 2.15. The maximum absolute atomic E-state index is 12.2. The maximum atomic E-state index is 12.2. The lowest BCUT2D eigenvalue weighted by Gasteiger charge is -2.13. The van der Waals surface area contributed by atoms with E-state index in [0.717, 1.165) is 31.6 Å². The molecular weight excluding hydrogens is 366 g/mol. The molecule has 8 heteroatoms. The lowest BCUT2D eigenvalue weighted by atomic mass is 10.2. The Kier molecular flexibility index (Phi) is 9.58. The molecule has 1 aliphatic heterocycles. The molecule has 1 unspecified atom stereocenters. The van der Waals surface area contributed by atoms with Crippen molar-refractivity contribution in [2.45, 2.75) is 31.1 Å². The molecule has 0 amide bonds. The first-order valence-electron chi connectivity index (χ1n) is 9.47. The van der Waals surface area contributed by atoms with Gasteiger partial charge < -0.3 is 20.1 Å². The highest BCUT2D eigenvalue weighted by atomic mass is 32.2. The molecule has 2 N–H and O–H groups in total. The Morgan fingerprint density at radius 3 is 2.63 bits per heavy atom. The van der Waals surface area contributed by atoms with Crippen molar-refractivity contribution >= 4 is 15.8 Å². The highest BCUT2D eigenvalue weighted by molar-refractivity contribution is 7.90. The molecule has 27 heavy (non-hydrogen) atoms. The summed E-state index contributed by atoms with van der Waals surface area (Å²) in [6.07, 6.45) is 2.63. The van der Waals surface area contributed by atoms with Gasteiger partial charge in [0.15, 0.2) is 15.8 Å². The van der Waals surface area contributed by atoms with Crippen LogP contribution >= 0.6 is 0 Å². The van der Waals surface area contributed by atoms with Crippen LogP contribution in [0.5, 0.6) is 0 Å². The van der Waals surface area contributed by atoms with Crippen molar-refractivity contribution in [3.63, 3.8) is 0 Å². The van der Waals surface area contributed by atoms with Gasteiger partial charge in [-0.2, -0.15) is 0 Å². The number of hydrogen-bond acceptors (Lipinski definition) is 5. The van der Waals surface area contributed by atoms with Crippen LogP contribution in [0.25, 0.3) is 0 Å². The van der Waals surface area contributed by atoms with E-state index in [4.69, 9.17) is 9.47 Å². The van der Waals surface area contributed by atoms with E-state index in [1.54, 1.807) is 7.05 Å². The minimum atomic E-state index is -3.10. The Morgan fingerprint density at radius 1 is 1.22 bits per heavy atom. The van der Waals surface area contributed by atoms with E-state index < -0.39 is 9.84 Å². The molecule has 1 atom stereocenters. The van der Waals surface area contributed by atoms with Crippen LogP contribution < -0.4 is 10.6 Å². The van der Waals surface area contributed by atoms with Gasteiger partial charge in [0, 0.05) is 33.4 Å². The van der Waals surface area contributed by atoms with E-state index in [2.05, 4.69) is 15.6 Å². The largest absolute Gasteiger partial charge is 0.379 e. The van der Waals surface area contributed by atoms with Gasteiger partial charge in [-0.15, -0.1) is 0 Å². The molecule has 1 aromatic rings. The quantitative estimate of drug-likeness (QED) is 0.333. The fourth-order valence-corrected chi connectivity index (χ4v) is 4.22. The van der Waals surface area contributed by atoms with E-state index in [-0.39, 0.29) is 17.6 Å². The van der Waals surface area contributed by atoms with Gasteiger partial charge in [-0.1, -0.05) is 30.3 Å². The van der Waals surface area contributed by atoms with Gasteiger partial charge >= 0.3 is 0 Å². The highest BCUT2D eigenvalue weighted by Crippen LogP contribution is 2.08. The lowest BCUT2D eigenvalue weighted by Crippen LogP contribution is -2.39. The number of sulfone groups is 1. The Hall–Kier alpha value is -1.64. The minimum absolute atomic E-state index is 0.0901. The Labute approximate surface area is 162 Å². The number of ether oxygens (including phenoxy) is 2. The molecule has 1 aliphatic rings. The van der Waals surface area contributed by atoms with E-state index in [9.17, 15) is 8.42 Å². The average molecular weight is 398 g/mol. The fraction of sp³-hybridized carbons (Fsp3) is 0.632. The smallest absolute Gasteiger partial charge is 0.190 e. The van der Waals surface area contributed by atoms with Gasteiger partial charge in [-0.25, -0.2) is 8.42 Å². The van der Waals surface area contributed by atoms with Crippen LogP contribution in [0.3, 0.4) is 0 Å². The van der Waals surface area contributed by atoms with Crippen molar-refractivity contribution in [3.8, 4) is 0 Å². The zero-order valence-electron chi connectivity index (χ0n) is 16.0. The second-order valence-electron chi connectivity index (χ2n) is 6.57. The molecule has 1 fully saturated rings. The third kappa shape index (κ3) is 9.21. The number of benzene rings is 1. The van der Waals surface area contributed by atoms with Gasteiger partial charge in [0.2, 0.25) is 0 Å². The Morgan fingerprint density at radius 2 is 1.96 bits per heavy atom. The summed E-state index contributed by atoms with van der Waals surface area (Å²) in [5.74, 6) is 0.926. The van der Waals surface area contributed by atoms with Crippen LogP contribution in [0.4, 0.5) is 0 Å². The summed E-state index contributed by atoms with van der Waals surface area (Å²) >= 11 is 0. The molecule has 1 heterocycles. The summed E-state index contributed by atoms with van der Waals surface area (Å²) in [5, 5.41) is 6.36. The first-order valence-corrected chi connectivity index (χ1v) is 11.3. The molecule has 0 bridgehead atoms. The molecule has 1 saturated heterocycles. The predicted molar refractivity (Wildman–Crippen MR) is 108 cm³/mol. The summed E-state index contributed by atoms with van der Waals surface area (Å²) in [6, 6.07) is 9.27. The summed E-state index contributed by atoms with van der Waals surface area (Å²) in [6.45, 7) is 3.49. The van der Waals surface area contributed by atoms with E-state index in [1.165, 1.54) is 0 Å². The average Bonchev–Trinajstić information content (AvgIpc) is 3.17. The van der Waals surface area contributed by atoms with Crippen LogP contribution in [0.2, 0.25) is 0 Å². The predicted octanol–water partition coefficient (Wildman–Crippen LogP) is 1.35. The zero-order valence-corrected chi connectivity index (χ0v) is 16.8. The number of hydrogen-bond donors (Lipinski definition) is 2. The number of aliphatic imine (C=N–C) groups is 1. The van der Waals surface area contributed by atoms with Crippen LogP contribution in [0, 0.1) is 0 Å². The van der Waals surface area contributed by atoms with Crippen LogP contribution in [-0.2, 0) is 25.1 Å². The fourth-order valence-electron chi connectivity index (χ4n) is 2.79. The molecule has 152 valence electrons. The third-order valence-electron chi connectivity index (χ3n) is 4.23. The van der Waals surface area contributed by atoms with Crippen molar-refractivity contribution in [3.05, 3.63) is 35.9 Å². The zero-order chi connectivity index (χ0) is 19.4. The van der Waals surface area contributed by atoms with E-state index in [1.807, 2.05) is 30.3 Å². The topological polar surface area (TPSA) is 89.0 Å². The van der Waals surface area contributed by atoms with Crippen molar-refractivity contribution in [1.29, 1.82) is 0 Å². The molecule has 0 saturated carbocycles. The first-order chi connectivity index (χ1) is 13.1. The summed E-state index contributed by atoms with van der Waals surface area (Å²) in [7, 11) is -1.40. The minimum Gasteiger partial charge on any atom is -0.379 e. The molecule has 0 aromatic heterocycles. The van der Waals surface area contributed by atoms with Crippen LogP contribution in [-0.4, -0.2) is 66.2 Å². The summed E-state index contributed by atoms with van der Waals surface area (Å²) in [5.41, 5.74) is 0.828. The van der Waals surface area contributed by atoms with Gasteiger partial charge in [0.1, 0.15) is 0 Å². The van der Waals surface area contributed by atoms with Crippen molar-refractivity contribution < 1.29 is 17.9 Å². The van der Waals surface area contributed by atoms with Crippen molar-refractivity contribution in [1.82, 2.24) is 10.6 Å². The number of rotatable bonds is 11. The Bertz CT molecular complexity index is 659. The molecule has 0 spiro atoms. The molecule has 7 nitrogen and oxygen atoms in total. The summed E-state index contributed by atoms with van der Waals surface area (Å²) in [4.78, 5) is 4.15. The molecule has 2 rings (SSSR count). The number of nitrogens with one attached hydrogen (secondary N) is 2. The number of nitrogens with zero attached hydrogens (tertiary/aromatic N) is 1. The molecular formula is C19H31N3O4S. The van der Waals surface area contributed by atoms with Gasteiger partial charge in [0.25, 0.3) is 0 Å². The normalized spacial score (nSPS) is 17.8. The maximum Gasteiger partial charge on any atom is 0.190 e. The second kappa shape index (κ2) is 11.9. The van der Waals surface area contributed by atoms with Crippen molar-refractivity contribution in [2.24, 2.45) is 4.99 Å². The second-order valence-corrected chi connectivity index (χ2v) is 8.75. The Balaban J connectivity index is 1.54. The first kappa shape index (κ1) is 21.7. The molecule has 1 aromatic carbocycles. The van der Waals surface area contributed by atoms with E-state index in [0.29, 0.717) is 32.1 Å². The van der Waals surface area contributed by atoms with Gasteiger partial charge in [0.05, 0.1) is 24.2 Å². The standard InChI is InChI=1S/C19H31N3O4S/c1-20-19(21-10-5-12-26-18-9-13-25-15-18)22-11-6-14-27(23,24)16-17-7-3-2-4-8-17/h2-4,7-8,18H,5-6,9-16H2,1H3,(H2,20,21,22). The van der Waals surface area contributed by atoms with Gasteiger partial charge in [-0.3, -0.25) is 4.99 Å². The van der Waals surface area contributed by atoms with Crippen molar-refractivity contribution in [2.75, 3.05) is 45.7 Å². The molecule has 0 radical (unpaired) electrons. The molecule has 0 aliphatic carbocycles.